The highest BCUT2D eigenvalue weighted by molar-refractivity contribution is 8.01. The number of methoxy groups -OCH3 is 2. The number of aryl methyl sites for hydroxylation is 2. The fourth-order valence-electron chi connectivity index (χ4n) is 4.07. The van der Waals surface area contributed by atoms with Crippen LogP contribution in [0, 0.1) is 27.7 Å². The Balaban J connectivity index is 2.42. The van der Waals surface area contributed by atoms with Crippen molar-refractivity contribution in [3.8, 4) is 11.5 Å². The van der Waals surface area contributed by atoms with Gasteiger partial charge in [0.15, 0.2) is 11.5 Å². The van der Waals surface area contributed by atoms with Crippen molar-refractivity contribution in [2.45, 2.75) is 27.7 Å². The van der Waals surface area contributed by atoms with Crippen molar-refractivity contribution >= 4 is 46.7 Å². The van der Waals surface area contributed by atoms with Gasteiger partial charge in [0.2, 0.25) is 18.2 Å². The molecule has 0 saturated heterocycles. The van der Waals surface area contributed by atoms with E-state index < -0.39 is 18.2 Å². The summed E-state index contributed by atoms with van der Waals surface area (Å²) in [5.74, 6) is -0.129. The van der Waals surface area contributed by atoms with Crippen molar-refractivity contribution in [3.63, 3.8) is 0 Å². The van der Waals surface area contributed by atoms with Gasteiger partial charge in [0.05, 0.1) is 24.3 Å². The summed E-state index contributed by atoms with van der Waals surface area (Å²) in [5.41, 5.74) is 1.50. The molecule has 0 N–H and O–H groups in total. The predicted molar refractivity (Wildman–Crippen MR) is 137 cm³/mol. The smallest absolute Gasteiger partial charge is 0.249 e. The number of rotatable bonds is 7. The molecule has 178 valence electrons. The molecule has 3 aromatic carbocycles. The average Bonchev–Trinajstić information content (AvgIpc) is 2.81. The van der Waals surface area contributed by atoms with Crippen LogP contribution in [0.5, 0.6) is 11.5 Å². The standard InChI is InChI=1S/C26H25Cl2O5P/c1-14-12-15(2)21(17(4)16(14)3)25(29)34(31,18-10-8-7-9-11-18)26(30)22-23(32-5)19(27)13-20(28)24(22)33-6/h7-13H,1-6H3. The van der Waals surface area contributed by atoms with Gasteiger partial charge in [-0.15, -0.1) is 0 Å². The van der Waals surface area contributed by atoms with E-state index in [2.05, 4.69) is 0 Å². The van der Waals surface area contributed by atoms with Crippen molar-refractivity contribution in [1.29, 1.82) is 0 Å². The van der Waals surface area contributed by atoms with E-state index in [1.54, 1.807) is 32.0 Å². The summed E-state index contributed by atoms with van der Waals surface area (Å²) in [6.45, 7) is 7.39. The van der Waals surface area contributed by atoms with Crippen molar-refractivity contribution in [2.24, 2.45) is 0 Å². The molecule has 5 nitrogen and oxygen atoms in total. The van der Waals surface area contributed by atoms with Crippen LogP contribution in [0.1, 0.15) is 43.0 Å². The van der Waals surface area contributed by atoms with Gasteiger partial charge in [0.1, 0.15) is 5.56 Å². The van der Waals surface area contributed by atoms with Gasteiger partial charge in [0.25, 0.3) is 0 Å². The summed E-state index contributed by atoms with van der Waals surface area (Å²) in [6, 6.07) is 11.2. The lowest BCUT2D eigenvalue weighted by atomic mass is 9.95. The van der Waals surface area contributed by atoms with Crippen molar-refractivity contribution < 1.29 is 23.6 Å². The van der Waals surface area contributed by atoms with Crippen LogP contribution in [0.3, 0.4) is 0 Å². The lowest BCUT2D eigenvalue weighted by molar-refractivity contribution is 0.103. The van der Waals surface area contributed by atoms with Crippen LogP contribution < -0.4 is 14.8 Å². The highest BCUT2D eigenvalue weighted by Gasteiger charge is 2.46. The van der Waals surface area contributed by atoms with E-state index in [1.807, 2.05) is 19.9 Å². The zero-order valence-electron chi connectivity index (χ0n) is 19.8. The largest absolute Gasteiger partial charge is 0.494 e. The molecule has 0 aromatic heterocycles. The zero-order valence-corrected chi connectivity index (χ0v) is 22.2. The molecule has 3 rings (SSSR count). The van der Waals surface area contributed by atoms with Gasteiger partial charge in [-0.2, -0.15) is 0 Å². The monoisotopic (exact) mass is 518 g/mol. The van der Waals surface area contributed by atoms with Crippen LogP contribution in [-0.2, 0) is 4.57 Å². The third-order valence-corrected chi connectivity index (χ3v) is 9.20. The first-order valence-electron chi connectivity index (χ1n) is 10.4. The Morgan fingerprint density at radius 1 is 0.735 bits per heavy atom. The van der Waals surface area contributed by atoms with Crippen molar-refractivity contribution in [1.82, 2.24) is 0 Å². The second-order valence-corrected chi connectivity index (χ2v) is 11.3. The summed E-state index contributed by atoms with van der Waals surface area (Å²) < 4.78 is 25.5. The van der Waals surface area contributed by atoms with E-state index in [0.717, 1.165) is 11.1 Å². The zero-order chi connectivity index (χ0) is 25.4. The molecule has 0 amide bonds. The molecule has 0 saturated carbocycles. The van der Waals surface area contributed by atoms with Crippen LogP contribution in [0.25, 0.3) is 0 Å². The molecular weight excluding hydrogens is 494 g/mol. The summed E-state index contributed by atoms with van der Waals surface area (Å²) in [7, 11) is -1.83. The Morgan fingerprint density at radius 2 is 1.24 bits per heavy atom. The van der Waals surface area contributed by atoms with Gasteiger partial charge in [-0.3, -0.25) is 9.59 Å². The Labute approximate surface area is 209 Å². The third-order valence-electron chi connectivity index (χ3n) is 6.03. The molecular formula is C26H25Cl2O5P. The molecule has 0 bridgehead atoms. The topological polar surface area (TPSA) is 69.7 Å². The average molecular weight is 519 g/mol. The van der Waals surface area contributed by atoms with E-state index in [0.29, 0.717) is 11.1 Å². The minimum atomic E-state index is -4.46. The van der Waals surface area contributed by atoms with Gasteiger partial charge in [-0.1, -0.05) is 59.6 Å². The minimum Gasteiger partial charge on any atom is -0.494 e. The van der Waals surface area contributed by atoms with Gasteiger partial charge < -0.3 is 14.0 Å². The number of halogens is 2. The molecule has 0 aliphatic carbocycles. The number of carbonyl (C=O) groups excluding carboxylic acids is 2. The number of carbonyl (C=O) groups is 2. The highest BCUT2D eigenvalue weighted by Crippen LogP contribution is 2.56. The van der Waals surface area contributed by atoms with E-state index >= 15 is 0 Å². The maximum absolute atomic E-state index is 14.8. The lowest BCUT2D eigenvalue weighted by Gasteiger charge is -2.23. The van der Waals surface area contributed by atoms with Crippen LogP contribution in [-0.4, -0.2) is 25.3 Å². The molecule has 1 atom stereocenters. The molecule has 0 spiro atoms. The molecule has 0 aliphatic rings. The highest BCUT2D eigenvalue weighted by atomic mass is 35.5. The Kier molecular flexibility index (Phi) is 7.62. The first kappa shape index (κ1) is 26.0. The number of hydrogen-bond donors (Lipinski definition) is 0. The molecule has 1 unspecified atom stereocenters. The molecule has 0 radical (unpaired) electrons. The maximum atomic E-state index is 14.8. The third kappa shape index (κ3) is 4.17. The fourth-order valence-corrected chi connectivity index (χ4v) is 7.11. The van der Waals surface area contributed by atoms with E-state index in [9.17, 15) is 14.2 Å². The molecule has 0 aliphatic heterocycles. The summed E-state index contributed by atoms with van der Waals surface area (Å²) in [4.78, 5) is 28.3. The molecule has 8 heteroatoms. The first-order chi connectivity index (χ1) is 16.0. The number of benzene rings is 3. The number of hydrogen-bond acceptors (Lipinski definition) is 5. The van der Waals surface area contributed by atoms with Crippen molar-refractivity contribution in [3.05, 3.63) is 85.9 Å². The van der Waals surface area contributed by atoms with E-state index in [1.165, 1.54) is 32.4 Å². The van der Waals surface area contributed by atoms with Gasteiger partial charge >= 0.3 is 0 Å². The van der Waals surface area contributed by atoms with E-state index in [-0.39, 0.29) is 38.0 Å². The Hall–Kier alpha value is -2.59. The summed E-state index contributed by atoms with van der Waals surface area (Å²) >= 11 is 12.6. The normalized spacial score (nSPS) is 12.7. The van der Waals surface area contributed by atoms with Gasteiger partial charge in [-0.25, -0.2) is 0 Å². The van der Waals surface area contributed by atoms with Crippen LogP contribution in [0.15, 0.2) is 42.5 Å². The second-order valence-electron chi connectivity index (χ2n) is 7.97. The first-order valence-corrected chi connectivity index (χ1v) is 12.9. The molecule has 34 heavy (non-hydrogen) atoms. The van der Waals surface area contributed by atoms with Crippen LogP contribution >= 0.6 is 30.3 Å². The second kappa shape index (κ2) is 9.95. The SMILES string of the molecule is COc1c(Cl)cc(Cl)c(OC)c1C(=O)P(=O)(C(=O)c1c(C)cc(C)c(C)c1C)c1ccccc1. The molecule has 0 fully saturated rings. The maximum Gasteiger partial charge on any atom is 0.249 e. The van der Waals surface area contributed by atoms with Gasteiger partial charge in [0, 0.05) is 10.9 Å². The quantitative estimate of drug-likeness (QED) is 0.317. The summed E-state index contributed by atoms with van der Waals surface area (Å²) in [5, 5.41) is 0.159. The minimum absolute atomic E-state index is 0.0299. The summed E-state index contributed by atoms with van der Waals surface area (Å²) in [6.07, 6.45) is 0. The van der Waals surface area contributed by atoms with Crippen LogP contribution in [0.2, 0.25) is 10.0 Å². The fraction of sp³-hybridized carbons (Fsp3) is 0.231. The van der Waals surface area contributed by atoms with E-state index in [4.69, 9.17) is 32.7 Å². The van der Waals surface area contributed by atoms with Crippen LogP contribution in [0.4, 0.5) is 0 Å². The number of ether oxygens (including phenoxy) is 2. The Morgan fingerprint density at radius 3 is 1.74 bits per heavy atom. The Bertz CT molecular complexity index is 1320. The molecule has 3 aromatic rings. The molecule has 0 heterocycles. The lowest BCUT2D eigenvalue weighted by Crippen LogP contribution is -2.23. The predicted octanol–water partition coefficient (Wildman–Crippen LogP) is 6.91. The van der Waals surface area contributed by atoms with Gasteiger partial charge in [-0.05, 0) is 56.0 Å². The van der Waals surface area contributed by atoms with Crippen molar-refractivity contribution in [2.75, 3.05) is 14.2 Å².